The van der Waals surface area contributed by atoms with Gasteiger partial charge in [-0.15, -0.1) is 5.10 Å². The van der Waals surface area contributed by atoms with Crippen molar-refractivity contribution in [2.24, 2.45) is 0 Å². The minimum absolute atomic E-state index is 0.0921. The van der Waals surface area contributed by atoms with Crippen LogP contribution in [0.2, 0.25) is 0 Å². The second-order valence-corrected chi connectivity index (χ2v) is 7.73. The Hall–Kier alpha value is -2.71. The van der Waals surface area contributed by atoms with Gasteiger partial charge in [-0.05, 0) is 60.2 Å². The third-order valence-corrected chi connectivity index (χ3v) is 5.43. The monoisotopic (exact) mass is 412 g/mol. The van der Waals surface area contributed by atoms with Crippen molar-refractivity contribution in [3.63, 3.8) is 0 Å². The molecule has 0 saturated heterocycles. The van der Waals surface area contributed by atoms with E-state index in [2.05, 4.69) is 21.6 Å². The van der Waals surface area contributed by atoms with Crippen LogP contribution in [0.4, 0.5) is 0 Å². The molecule has 29 heavy (non-hydrogen) atoms. The predicted molar refractivity (Wildman–Crippen MR) is 112 cm³/mol. The maximum Gasteiger partial charge on any atom is 0.214 e. The van der Waals surface area contributed by atoms with Crippen LogP contribution >= 0.6 is 11.8 Å². The van der Waals surface area contributed by atoms with Crippen LogP contribution in [0.25, 0.3) is 5.69 Å². The van der Waals surface area contributed by atoms with E-state index >= 15 is 0 Å². The number of hydrogen-bond acceptors (Lipinski definition) is 7. The Balaban J connectivity index is 1.54. The summed E-state index contributed by atoms with van der Waals surface area (Å²) in [5.74, 6) is 1.09. The second kappa shape index (κ2) is 9.67. The zero-order valence-corrected chi connectivity index (χ0v) is 17.5. The van der Waals surface area contributed by atoms with Gasteiger partial charge in [0.15, 0.2) is 5.78 Å². The summed E-state index contributed by atoms with van der Waals surface area (Å²) >= 11 is 1.37. The number of aryl methyl sites for hydroxylation is 2. The van der Waals surface area contributed by atoms with Crippen molar-refractivity contribution < 1.29 is 14.6 Å². The van der Waals surface area contributed by atoms with Crippen LogP contribution in [0.1, 0.15) is 34.8 Å². The van der Waals surface area contributed by atoms with Gasteiger partial charge in [0, 0.05) is 17.7 Å². The molecule has 8 heteroatoms. The number of nitrogens with zero attached hydrogens (tertiary/aromatic N) is 4. The molecule has 152 valence electrons. The topological polar surface area (TPSA) is 90.1 Å². The smallest absolute Gasteiger partial charge is 0.214 e. The van der Waals surface area contributed by atoms with Gasteiger partial charge in [-0.2, -0.15) is 4.68 Å². The number of aliphatic hydroxyl groups is 1. The molecule has 0 radical (unpaired) electrons. The number of carbonyl (C=O) groups is 1. The van der Waals surface area contributed by atoms with Gasteiger partial charge in [-0.3, -0.25) is 4.79 Å². The van der Waals surface area contributed by atoms with Crippen LogP contribution < -0.4 is 4.74 Å². The highest BCUT2D eigenvalue weighted by Crippen LogP contribution is 2.22. The summed E-state index contributed by atoms with van der Waals surface area (Å²) in [6.07, 6.45) is -0.223. The third kappa shape index (κ3) is 5.42. The highest BCUT2D eigenvalue weighted by Gasteiger charge is 2.14. The van der Waals surface area contributed by atoms with E-state index in [1.807, 2.05) is 32.9 Å². The van der Waals surface area contributed by atoms with Crippen molar-refractivity contribution in [1.82, 2.24) is 20.2 Å². The standard InChI is InChI=1S/C21H24N4O3S/c1-4-20(27)16-6-8-18(9-7-16)28-12-17(26)13-29-21-22-23-24-25(21)19-10-5-14(2)11-15(19)3/h5-11,17,26H,4,12-13H2,1-3H3/t17-/m0/s1. The number of Topliss-reactive ketones (excluding diaryl/α,β-unsaturated/α-hetero) is 1. The minimum atomic E-state index is -0.693. The lowest BCUT2D eigenvalue weighted by molar-refractivity contribution is 0.0987. The van der Waals surface area contributed by atoms with Gasteiger partial charge in [0.25, 0.3) is 0 Å². The lowest BCUT2D eigenvalue weighted by atomic mass is 10.1. The fourth-order valence-corrected chi connectivity index (χ4v) is 3.60. The van der Waals surface area contributed by atoms with Crippen LogP contribution in [-0.2, 0) is 0 Å². The molecule has 3 aromatic rings. The van der Waals surface area contributed by atoms with Crippen LogP contribution in [0, 0.1) is 13.8 Å². The number of ether oxygens (including phenoxy) is 1. The van der Waals surface area contributed by atoms with E-state index in [0.717, 1.165) is 11.3 Å². The second-order valence-electron chi connectivity index (χ2n) is 6.74. The number of aliphatic hydroxyl groups excluding tert-OH is 1. The molecular weight excluding hydrogens is 388 g/mol. The summed E-state index contributed by atoms with van der Waals surface area (Å²) in [6.45, 7) is 6.02. The largest absolute Gasteiger partial charge is 0.491 e. The summed E-state index contributed by atoms with van der Waals surface area (Å²) in [7, 11) is 0. The fraction of sp³-hybridized carbons (Fsp3) is 0.333. The number of hydrogen-bond donors (Lipinski definition) is 1. The first kappa shape index (κ1) is 21.0. The normalized spacial score (nSPS) is 12.0. The number of thioether (sulfide) groups is 1. The van der Waals surface area contributed by atoms with E-state index < -0.39 is 6.10 Å². The van der Waals surface area contributed by atoms with Crippen molar-refractivity contribution in [3.05, 3.63) is 59.2 Å². The first-order chi connectivity index (χ1) is 14.0. The summed E-state index contributed by atoms with van der Waals surface area (Å²) in [6, 6.07) is 13.0. The summed E-state index contributed by atoms with van der Waals surface area (Å²) in [4.78, 5) is 11.7. The average molecular weight is 413 g/mol. The van der Waals surface area contributed by atoms with Crippen LogP contribution in [0.5, 0.6) is 5.75 Å². The SMILES string of the molecule is CCC(=O)c1ccc(OC[C@H](O)CSc2nnnn2-c2ccc(C)cc2C)cc1. The average Bonchev–Trinajstić information content (AvgIpc) is 3.18. The number of aromatic nitrogens is 4. The zero-order chi connectivity index (χ0) is 20.8. The first-order valence-corrected chi connectivity index (χ1v) is 10.4. The number of ketones is 1. The van der Waals surface area contributed by atoms with E-state index in [9.17, 15) is 9.90 Å². The van der Waals surface area contributed by atoms with Gasteiger partial charge < -0.3 is 9.84 Å². The van der Waals surface area contributed by atoms with Gasteiger partial charge in [0.2, 0.25) is 5.16 Å². The highest BCUT2D eigenvalue weighted by molar-refractivity contribution is 7.99. The molecule has 0 fully saturated rings. The van der Waals surface area contributed by atoms with Gasteiger partial charge in [0.05, 0.1) is 11.8 Å². The maximum atomic E-state index is 11.7. The summed E-state index contributed by atoms with van der Waals surface area (Å²) < 4.78 is 7.30. The van der Waals surface area contributed by atoms with Crippen molar-refractivity contribution in [3.8, 4) is 11.4 Å². The van der Waals surface area contributed by atoms with Gasteiger partial charge in [-0.25, -0.2) is 0 Å². The Morgan fingerprint density at radius 1 is 1.21 bits per heavy atom. The van der Waals surface area contributed by atoms with Crippen molar-refractivity contribution in [2.75, 3.05) is 12.4 Å². The molecule has 1 heterocycles. The molecule has 1 aromatic heterocycles. The molecule has 0 amide bonds. The quantitative estimate of drug-likeness (QED) is 0.425. The van der Waals surface area contributed by atoms with Gasteiger partial charge in [-0.1, -0.05) is 36.4 Å². The lowest BCUT2D eigenvalue weighted by Crippen LogP contribution is -2.20. The maximum absolute atomic E-state index is 11.7. The Labute approximate surface area is 174 Å². The van der Waals surface area contributed by atoms with E-state index in [-0.39, 0.29) is 12.4 Å². The van der Waals surface area contributed by atoms with E-state index in [4.69, 9.17) is 4.74 Å². The lowest BCUT2D eigenvalue weighted by Gasteiger charge is -2.13. The fourth-order valence-electron chi connectivity index (χ4n) is 2.82. The van der Waals surface area contributed by atoms with Crippen LogP contribution in [0.15, 0.2) is 47.6 Å². The van der Waals surface area contributed by atoms with E-state index in [0.29, 0.717) is 28.6 Å². The van der Waals surface area contributed by atoms with Gasteiger partial charge in [0.1, 0.15) is 12.4 Å². The number of benzene rings is 2. The Morgan fingerprint density at radius 2 is 1.97 bits per heavy atom. The predicted octanol–water partition coefficient (Wildman–Crippen LogP) is 3.40. The summed E-state index contributed by atoms with van der Waals surface area (Å²) in [5.41, 5.74) is 3.82. The zero-order valence-electron chi connectivity index (χ0n) is 16.7. The molecule has 3 rings (SSSR count). The number of carbonyl (C=O) groups excluding carboxylic acids is 1. The molecule has 0 aliphatic carbocycles. The molecule has 7 nitrogen and oxygen atoms in total. The van der Waals surface area contributed by atoms with E-state index in [1.54, 1.807) is 28.9 Å². The van der Waals surface area contributed by atoms with Gasteiger partial charge >= 0.3 is 0 Å². The molecule has 0 unspecified atom stereocenters. The molecule has 0 saturated carbocycles. The molecule has 1 N–H and O–H groups in total. The molecule has 0 aliphatic rings. The molecule has 2 aromatic carbocycles. The van der Waals surface area contributed by atoms with Crippen molar-refractivity contribution in [1.29, 1.82) is 0 Å². The third-order valence-electron chi connectivity index (χ3n) is 4.37. The van der Waals surface area contributed by atoms with Crippen molar-refractivity contribution >= 4 is 17.5 Å². The number of tetrazole rings is 1. The van der Waals surface area contributed by atoms with Crippen LogP contribution in [-0.4, -0.2) is 49.6 Å². The minimum Gasteiger partial charge on any atom is -0.491 e. The Bertz CT molecular complexity index is 972. The molecule has 1 atom stereocenters. The molecular formula is C21H24N4O3S. The summed E-state index contributed by atoms with van der Waals surface area (Å²) in [5, 5.41) is 22.8. The highest BCUT2D eigenvalue weighted by atomic mass is 32.2. The van der Waals surface area contributed by atoms with Crippen molar-refractivity contribution in [2.45, 2.75) is 38.5 Å². The first-order valence-electron chi connectivity index (χ1n) is 9.41. The van der Waals surface area contributed by atoms with E-state index in [1.165, 1.54) is 17.3 Å². The molecule has 0 bridgehead atoms. The molecule has 0 spiro atoms. The Kier molecular flexibility index (Phi) is 7.00. The number of rotatable bonds is 9. The molecule has 0 aliphatic heterocycles. The van der Waals surface area contributed by atoms with Crippen LogP contribution in [0.3, 0.4) is 0 Å². The Morgan fingerprint density at radius 3 is 2.66 bits per heavy atom.